The van der Waals surface area contributed by atoms with Crippen LogP contribution in [-0.4, -0.2) is 138 Å². The van der Waals surface area contributed by atoms with E-state index in [9.17, 15) is 51.1 Å². The lowest BCUT2D eigenvalue weighted by Crippen LogP contribution is -2.32. The van der Waals surface area contributed by atoms with Gasteiger partial charge in [-0.05, 0) is 89.8 Å². The first-order chi connectivity index (χ1) is 38.7. The van der Waals surface area contributed by atoms with Gasteiger partial charge in [-0.3, -0.25) is 28.8 Å². The zero-order chi connectivity index (χ0) is 60.8. The highest BCUT2D eigenvalue weighted by Gasteiger charge is 2.48. The van der Waals surface area contributed by atoms with E-state index in [1.165, 1.54) is 35.2 Å². The van der Waals surface area contributed by atoms with Crippen LogP contribution in [0, 0.1) is 33.6 Å². The molecule has 4 rings (SSSR count). The van der Waals surface area contributed by atoms with Gasteiger partial charge in [0.1, 0.15) is 18.5 Å². The molecule has 2 aliphatic heterocycles. The zero-order valence-electron chi connectivity index (χ0n) is 49.3. The Bertz CT molecular complexity index is 1830. The van der Waals surface area contributed by atoms with E-state index >= 15 is 0 Å². The molecule has 4 aliphatic rings. The summed E-state index contributed by atoms with van der Waals surface area (Å²) in [7, 11) is 3.17. The van der Waals surface area contributed by atoms with E-state index < -0.39 is 62.4 Å². The van der Waals surface area contributed by atoms with Crippen molar-refractivity contribution < 1.29 is 93.5 Å². The van der Waals surface area contributed by atoms with Crippen LogP contribution >= 0.6 is 8.15 Å². The number of carbonyl (C=O) groups excluding carboxylic acids is 7. The Morgan fingerprint density at radius 3 is 1.42 bits per heavy atom. The fourth-order valence-corrected chi connectivity index (χ4v) is 11.1. The Hall–Kier alpha value is -3.82. The summed E-state index contributed by atoms with van der Waals surface area (Å²) in [5.74, 6) is -10.8. The van der Waals surface area contributed by atoms with Gasteiger partial charge in [0.15, 0.2) is 12.6 Å². The lowest BCUT2D eigenvalue weighted by molar-refractivity contribution is -0.195. The number of Topliss-reactive ketones (excluding diaryl/α,β-unsaturated/α-hetero) is 1. The van der Waals surface area contributed by atoms with Crippen molar-refractivity contribution in [1.29, 1.82) is 0 Å². The van der Waals surface area contributed by atoms with Crippen LogP contribution in [0.5, 0.6) is 0 Å². The number of rotatable bonds is 34. The molecule has 0 aromatic heterocycles. The molecule has 18 nitrogen and oxygen atoms in total. The van der Waals surface area contributed by atoms with Gasteiger partial charge in [0.25, 0.3) is 0 Å². The molecule has 0 amide bonds. The quantitative estimate of drug-likeness (QED) is 0.0111. The summed E-state index contributed by atoms with van der Waals surface area (Å²) in [4.78, 5) is 95.2. The van der Waals surface area contributed by atoms with Crippen molar-refractivity contribution in [2.45, 2.75) is 243 Å². The van der Waals surface area contributed by atoms with Crippen LogP contribution < -0.4 is 0 Å². The van der Waals surface area contributed by atoms with Crippen molar-refractivity contribution in [3.8, 4) is 0 Å². The van der Waals surface area contributed by atoms with Gasteiger partial charge in [-0.15, -0.1) is 0 Å². The molecule has 468 valence electrons. The number of unbranched alkanes of at least 4 members (excludes halogenated alkanes) is 8. The smallest absolute Gasteiger partial charge is 0.309 e. The molecule has 0 aromatic carbocycles. The summed E-state index contributed by atoms with van der Waals surface area (Å²) >= 11 is 0. The van der Waals surface area contributed by atoms with Crippen LogP contribution in [0.25, 0.3) is 0 Å². The highest BCUT2D eigenvalue weighted by molar-refractivity contribution is 7.52. The number of methoxy groups -OCH3 is 2. The van der Waals surface area contributed by atoms with Gasteiger partial charge < -0.3 is 47.2 Å². The number of allylic oxidation sites excluding steroid dienone is 1. The Balaban J connectivity index is 0.000000655. The monoisotopic (exact) mass is 1190 g/mol. The minimum atomic E-state index is -3.40. The summed E-state index contributed by atoms with van der Waals surface area (Å²) in [5, 5.41) is 0. The second-order valence-electron chi connectivity index (χ2n) is 21.1. The van der Waals surface area contributed by atoms with E-state index in [4.69, 9.17) is 42.9 Å². The van der Waals surface area contributed by atoms with Crippen LogP contribution in [-0.2, 0) is 76.0 Å². The largest absolute Gasteiger partial charge is 0.469 e. The lowest BCUT2D eigenvalue weighted by Gasteiger charge is -2.29. The third kappa shape index (κ3) is 30.5. The van der Waals surface area contributed by atoms with Crippen molar-refractivity contribution in [3.63, 3.8) is 0 Å². The normalized spacial score (nSPS) is 24.9. The standard InChI is InChI=1S/C28H44F2O7.C21H34O7.C9H17F2O2P.O2/c1-4-5-17-28(29,30)25(32)16-15-22-21(12-8-6-7-9-13-26(33)34-3)23(36-20(2)31)19-24(22)37-27-14-10-11-18-35-27;1-15(23)27-18-13-19(28-21-11-7-8-12-26-21)17(14-22)16(18)9-5-3-4-6-10-20(24)25-2;1-4-5-6-9(10,11)8(12)7-14(3)13-2;1-2/h15-16,21-24,27H,4-14,17-19H2,1-3H3;14,16-19,21H,3-13H2,1-2H3;4-7H2,1-3H3;/b16-15+;;;/t21-,22-,23+,24-,27?;16-,17-,18+,19-,21?;;/m11../s1. The molecule has 11 atom stereocenters. The highest BCUT2D eigenvalue weighted by Crippen LogP contribution is 2.43. The molecule has 2 aliphatic carbocycles. The zero-order valence-corrected chi connectivity index (χ0v) is 50.2. The van der Waals surface area contributed by atoms with E-state index in [0.29, 0.717) is 64.6 Å². The first kappa shape index (κ1) is 75.2. The molecule has 3 unspecified atom stereocenters. The van der Waals surface area contributed by atoms with Crippen molar-refractivity contribution in [3.05, 3.63) is 22.1 Å². The third-order valence-corrected chi connectivity index (χ3v) is 16.2. The first-order valence-electron chi connectivity index (χ1n) is 29.1. The fourth-order valence-electron chi connectivity index (χ4n) is 10.4. The molecule has 2 saturated heterocycles. The topological polar surface area (TPSA) is 237 Å². The molecule has 0 bridgehead atoms. The van der Waals surface area contributed by atoms with Gasteiger partial charge >= 0.3 is 35.7 Å². The minimum absolute atomic E-state index is 0.0319. The number of ether oxygens (including phenoxy) is 8. The number of hydrogen-bond acceptors (Lipinski definition) is 18. The summed E-state index contributed by atoms with van der Waals surface area (Å²) in [5.41, 5.74) is 0. The average molecular weight is 1190 g/mol. The van der Waals surface area contributed by atoms with Gasteiger partial charge in [-0.25, -0.2) is 0 Å². The van der Waals surface area contributed by atoms with E-state index in [2.05, 4.69) is 9.47 Å². The maximum Gasteiger partial charge on any atom is 0.309 e. The minimum Gasteiger partial charge on any atom is -0.469 e. The van der Waals surface area contributed by atoms with Crippen molar-refractivity contribution >= 4 is 49.9 Å². The summed E-state index contributed by atoms with van der Waals surface area (Å²) in [6.07, 6.45) is 18.1. The van der Waals surface area contributed by atoms with Gasteiger partial charge in [-0.1, -0.05) is 71.3 Å². The molecule has 0 N–H and O–H groups in total. The second kappa shape index (κ2) is 42.9. The first-order valence-corrected chi connectivity index (χ1v) is 31.0. The van der Waals surface area contributed by atoms with Crippen LogP contribution in [0.2, 0.25) is 0 Å². The van der Waals surface area contributed by atoms with Crippen LogP contribution in [0.4, 0.5) is 17.6 Å². The van der Waals surface area contributed by atoms with Gasteiger partial charge in [0.2, 0.25) is 11.6 Å². The Morgan fingerprint density at radius 2 is 1.02 bits per heavy atom. The van der Waals surface area contributed by atoms with Crippen molar-refractivity contribution in [1.82, 2.24) is 0 Å². The number of carbonyl (C=O) groups is 7. The lowest BCUT2D eigenvalue weighted by atomic mass is 9.87. The molecule has 0 aromatic rings. The Kier molecular flexibility index (Phi) is 39.8. The van der Waals surface area contributed by atoms with Crippen molar-refractivity contribution in [2.75, 3.05) is 47.4 Å². The van der Waals surface area contributed by atoms with Gasteiger partial charge in [0.05, 0.1) is 32.6 Å². The molecule has 0 spiro atoms. The molecule has 81 heavy (non-hydrogen) atoms. The number of alkyl halides is 4. The average Bonchev–Trinajstić information content (AvgIpc) is 4.12. The molecule has 2 saturated carbocycles. The maximum atomic E-state index is 14.3. The Morgan fingerprint density at radius 1 is 0.593 bits per heavy atom. The Labute approximate surface area is 478 Å². The number of esters is 4. The van der Waals surface area contributed by atoms with E-state index in [1.807, 2.05) is 6.92 Å². The number of aldehydes is 1. The van der Waals surface area contributed by atoms with E-state index in [0.717, 1.165) is 109 Å². The number of ketones is 2. The van der Waals surface area contributed by atoms with E-state index in [1.54, 1.807) is 19.7 Å². The maximum absolute atomic E-state index is 14.3. The predicted molar refractivity (Wildman–Crippen MR) is 296 cm³/mol. The van der Waals surface area contributed by atoms with Crippen LogP contribution in [0.15, 0.2) is 12.2 Å². The SMILES string of the molecule is CCCCC(F)(F)C(=O)/C=C/[C@@H]1[C@@H](CCCCCCC(=O)OC)[C@@H](OC(C)=O)C[C@H]1OC1CCCCO1.CCCCC(F)(F)C(=O)CP(C)OC.COC(=O)CCCCCC[C@@H]1[C@@H](C=O)[C@H](OC2CCCCO2)C[C@@H]1OC(C)=O.O=O. The molecular formula is C58H95F4O18P. The summed E-state index contributed by atoms with van der Waals surface area (Å²) in [6.45, 7) is 9.34. The molecule has 0 radical (unpaired) electrons. The predicted octanol–water partition coefficient (Wildman–Crippen LogP) is 12.2. The number of hydrogen-bond donors (Lipinski definition) is 0. The molecular weight excluding hydrogens is 1090 g/mol. The van der Waals surface area contributed by atoms with Crippen LogP contribution in [0.3, 0.4) is 0 Å². The fraction of sp³-hybridized carbons (Fsp3) is 0.845. The van der Waals surface area contributed by atoms with Crippen LogP contribution in [0.1, 0.15) is 195 Å². The number of halogens is 4. The van der Waals surface area contributed by atoms with Gasteiger partial charge in [-0.2, -0.15) is 17.6 Å². The summed E-state index contributed by atoms with van der Waals surface area (Å²) in [6, 6.07) is 0. The second-order valence-corrected chi connectivity index (χ2v) is 23.1. The van der Waals surface area contributed by atoms with Crippen molar-refractivity contribution in [2.24, 2.45) is 23.7 Å². The van der Waals surface area contributed by atoms with E-state index in [-0.39, 0.29) is 79.1 Å². The molecule has 2 heterocycles. The molecule has 23 heteroatoms. The van der Waals surface area contributed by atoms with Gasteiger partial charge in [0, 0.05) is 114 Å². The third-order valence-electron chi connectivity index (χ3n) is 14.8. The molecule has 4 fully saturated rings. The highest BCUT2D eigenvalue weighted by atomic mass is 31.1. The summed E-state index contributed by atoms with van der Waals surface area (Å²) < 4.78 is 104.